The van der Waals surface area contributed by atoms with Gasteiger partial charge in [0.15, 0.2) is 12.4 Å². The lowest BCUT2D eigenvalue weighted by molar-refractivity contribution is 0.228. The molecule has 1 N–H and O–H groups in total. The fraction of sp³-hybridized carbons (Fsp3) is 0.429. The van der Waals surface area contributed by atoms with Gasteiger partial charge in [-0.15, -0.1) is 0 Å². The predicted molar refractivity (Wildman–Crippen MR) is 69.5 cm³/mol. The summed E-state index contributed by atoms with van der Waals surface area (Å²) in [7, 11) is 1.58. The summed E-state index contributed by atoms with van der Waals surface area (Å²) in [6.45, 7) is 0.0797. The Balaban J connectivity index is 1.69. The summed E-state index contributed by atoms with van der Waals surface area (Å²) >= 11 is 0. The monoisotopic (exact) mass is 276 g/mol. The number of benzene rings is 1. The van der Waals surface area contributed by atoms with Crippen LogP contribution < -0.4 is 9.47 Å². The normalized spacial score (nSPS) is 14.3. The van der Waals surface area contributed by atoms with Gasteiger partial charge in [0.05, 0.1) is 13.7 Å². The molecule has 1 aliphatic rings. The van der Waals surface area contributed by atoms with Gasteiger partial charge in [0.25, 0.3) is 5.89 Å². The minimum absolute atomic E-state index is 0.101. The Labute approximate surface area is 116 Å². The van der Waals surface area contributed by atoms with Gasteiger partial charge in [-0.3, -0.25) is 0 Å². The highest BCUT2D eigenvalue weighted by Crippen LogP contribution is 2.38. The summed E-state index contributed by atoms with van der Waals surface area (Å²) in [6.07, 6.45) is 2.26. The zero-order valence-electron chi connectivity index (χ0n) is 11.2. The van der Waals surface area contributed by atoms with E-state index in [2.05, 4.69) is 10.1 Å². The highest BCUT2D eigenvalue weighted by atomic mass is 16.5. The number of hydrogen-bond acceptors (Lipinski definition) is 6. The molecule has 106 valence electrons. The molecule has 2 aromatic rings. The molecular formula is C14H16N2O4. The van der Waals surface area contributed by atoms with Gasteiger partial charge in [0, 0.05) is 17.5 Å². The van der Waals surface area contributed by atoms with Gasteiger partial charge in [0.1, 0.15) is 11.5 Å². The highest BCUT2D eigenvalue weighted by Gasteiger charge is 2.28. The number of aliphatic hydroxyl groups is 1. The van der Waals surface area contributed by atoms with Crippen LogP contribution in [0.5, 0.6) is 11.5 Å². The van der Waals surface area contributed by atoms with Crippen LogP contribution >= 0.6 is 0 Å². The second-order valence-electron chi connectivity index (χ2n) is 4.74. The summed E-state index contributed by atoms with van der Waals surface area (Å²) in [5.41, 5.74) is 0.688. The minimum Gasteiger partial charge on any atom is -0.497 e. The van der Waals surface area contributed by atoms with Crippen LogP contribution in [0.2, 0.25) is 0 Å². The third-order valence-corrected chi connectivity index (χ3v) is 3.22. The molecule has 3 rings (SSSR count). The highest BCUT2D eigenvalue weighted by molar-refractivity contribution is 5.40. The smallest absolute Gasteiger partial charge is 0.264 e. The van der Waals surface area contributed by atoms with Crippen molar-refractivity contribution in [3.63, 3.8) is 0 Å². The molecule has 1 aromatic carbocycles. The molecule has 1 heterocycles. The molecule has 1 aliphatic carbocycles. The van der Waals surface area contributed by atoms with E-state index in [1.54, 1.807) is 25.3 Å². The van der Waals surface area contributed by atoms with Crippen molar-refractivity contribution in [3.8, 4) is 11.5 Å². The molecule has 1 fully saturated rings. The van der Waals surface area contributed by atoms with Gasteiger partial charge >= 0.3 is 0 Å². The third-order valence-electron chi connectivity index (χ3n) is 3.22. The SMILES string of the molecule is COc1ccc(CO)c(OCc2nc(C3CC3)no2)c1. The zero-order chi connectivity index (χ0) is 13.9. The molecule has 6 nitrogen and oxygen atoms in total. The first-order valence-corrected chi connectivity index (χ1v) is 6.53. The Bertz CT molecular complexity index is 593. The maximum absolute atomic E-state index is 9.29. The van der Waals surface area contributed by atoms with E-state index in [-0.39, 0.29) is 13.2 Å². The lowest BCUT2D eigenvalue weighted by Crippen LogP contribution is -2.00. The van der Waals surface area contributed by atoms with Crippen LogP contribution in [0.1, 0.15) is 36.0 Å². The molecule has 0 radical (unpaired) electrons. The molecule has 0 bridgehead atoms. The van der Waals surface area contributed by atoms with Crippen LogP contribution in [0.15, 0.2) is 22.7 Å². The van der Waals surface area contributed by atoms with Gasteiger partial charge in [-0.2, -0.15) is 4.98 Å². The molecule has 20 heavy (non-hydrogen) atoms. The quantitative estimate of drug-likeness (QED) is 0.869. The topological polar surface area (TPSA) is 77.6 Å². The molecule has 0 aliphatic heterocycles. The fourth-order valence-electron chi connectivity index (χ4n) is 1.90. The van der Waals surface area contributed by atoms with E-state index < -0.39 is 0 Å². The van der Waals surface area contributed by atoms with Gasteiger partial charge < -0.3 is 19.1 Å². The number of aliphatic hydroxyl groups excluding tert-OH is 1. The number of aromatic nitrogens is 2. The van der Waals surface area contributed by atoms with Crippen LogP contribution in [-0.4, -0.2) is 22.4 Å². The van der Waals surface area contributed by atoms with E-state index in [9.17, 15) is 5.11 Å². The lowest BCUT2D eigenvalue weighted by Gasteiger charge is -2.10. The van der Waals surface area contributed by atoms with Gasteiger partial charge in [-0.1, -0.05) is 5.16 Å². The van der Waals surface area contributed by atoms with Gasteiger partial charge in [0.2, 0.25) is 0 Å². The van der Waals surface area contributed by atoms with Crippen LogP contribution in [0, 0.1) is 0 Å². The first-order valence-electron chi connectivity index (χ1n) is 6.53. The number of nitrogens with zero attached hydrogens (tertiary/aromatic N) is 2. The van der Waals surface area contributed by atoms with Crippen LogP contribution in [-0.2, 0) is 13.2 Å². The summed E-state index contributed by atoms with van der Waals surface area (Å²) < 4.78 is 15.9. The Hall–Kier alpha value is -2.08. The number of hydrogen-bond donors (Lipinski definition) is 1. The summed E-state index contributed by atoms with van der Waals surface area (Å²) in [5.74, 6) is 2.88. The summed E-state index contributed by atoms with van der Waals surface area (Å²) in [6, 6.07) is 5.26. The van der Waals surface area contributed by atoms with E-state index in [4.69, 9.17) is 14.0 Å². The predicted octanol–water partition coefficient (Wildman–Crippen LogP) is 2.03. The average Bonchev–Trinajstić information content (AvgIpc) is 3.24. The van der Waals surface area contributed by atoms with Crippen molar-refractivity contribution in [3.05, 3.63) is 35.5 Å². The van der Waals surface area contributed by atoms with Crippen molar-refractivity contribution in [1.29, 1.82) is 0 Å². The summed E-state index contributed by atoms with van der Waals surface area (Å²) in [4.78, 5) is 4.29. The largest absolute Gasteiger partial charge is 0.497 e. The van der Waals surface area contributed by atoms with Crippen LogP contribution in [0.4, 0.5) is 0 Å². The third kappa shape index (κ3) is 2.75. The number of rotatable bonds is 6. The van der Waals surface area contributed by atoms with Crippen molar-refractivity contribution >= 4 is 0 Å². The molecule has 1 saturated carbocycles. The molecule has 1 aromatic heterocycles. The second-order valence-corrected chi connectivity index (χ2v) is 4.74. The molecular weight excluding hydrogens is 260 g/mol. The van der Waals surface area contributed by atoms with E-state index in [1.165, 1.54) is 0 Å². The summed E-state index contributed by atoms with van der Waals surface area (Å²) in [5, 5.41) is 13.2. The Morgan fingerprint density at radius 1 is 1.40 bits per heavy atom. The maximum atomic E-state index is 9.29. The molecule has 0 saturated heterocycles. The fourth-order valence-corrected chi connectivity index (χ4v) is 1.90. The zero-order valence-corrected chi connectivity index (χ0v) is 11.2. The minimum atomic E-state index is -0.101. The van der Waals surface area contributed by atoms with E-state index in [0.29, 0.717) is 28.9 Å². The molecule has 0 spiro atoms. The van der Waals surface area contributed by atoms with E-state index in [1.807, 2.05) is 0 Å². The van der Waals surface area contributed by atoms with Crippen molar-refractivity contribution in [2.45, 2.75) is 32.0 Å². The Morgan fingerprint density at radius 3 is 2.95 bits per heavy atom. The van der Waals surface area contributed by atoms with E-state index in [0.717, 1.165) is 18.7 Å². The molecule has 0 unspecified atom stereocenters. The standard InChI is InChI=1S/C14H16N2O4/c1-18-11-5-4-10(7-17)12(6-11)19-8-13-15-14(16-20-13)9-2-3-9/h4-6,9,17H,2-3,7-8H2,1H3. The van der Waals surface area contributed by atoms with Crippen molar-refractivity contribution in [2.75, 3.05) is 7.11 Å². The second kappa shape index (κ2) is 5.50. The molecule has 0 atom stereocenters. The first kappa shape index (κ1) is 12.9. The average molecular weight is 276 g/mol. The molecule has 0 amide bonds. The Kier molecular flexibility index (Phi) is 3.56. The van der Waals surface area contributed by atoms with Crippen LogP contribution in [0.3, 0.4) is 0 Å². The lowest BCUT2D eigenvalue weighted by atomic mass is 10.2. The van der Waals surface area contributed by atoms with Gasteiger partial charge in [-0.05, 0) is 25.0 Å². The van der Waals surface area contributed by atoms with Crippen molar-refractivity contribution in [2.24, 2.45) is 0 Å². The number of ether oxygens (including phenoxy) is 2. The maximum Gasteiger partial charge on any atom is 0.264 e. The van der Waals surface area contributed by atoms with Crippen molar-refractivity contribution < 1.29 is 19.1 Å². The first-order chi connectivity index (χ1) is 9.80. The Morgan fingerprint density at radius 2 is 2.25 bits per heavy atom. The van der Waals surface area contributed by atoms with E-state index >= 15 is 0 Å². The van der Waals surface area contributed by atoms with Crippen molar-refractivity contribution in [1.82, 2.24) is 10.1 Å². The number of methoxy groups -OCH3 is 1. The van der Waals surface area contributed by atoms with Crippen LogP contribution in [0.25, 0.3) is 0 Å². The molecule has 6 heteroatoms. The van der Waals surface area contributed by atoms with Gasteiger partial charge in [-0.25, -0.2) is 0 Å².